The summed E-state index contributed by atoms with van der Waals surface area (Å²) < 4.78 is 28.1. The summed E-state index contributed by atoms with van der Waals surface area (Å²) in [6.07, 6.45) is 0.461. The van der Waals surface area contributed by atoms with E-state index in [4.69, 9.17) is 0 Å². The molecule has 0 heterocycles. The highest BCUT2D eigenvalue weighted by molar-refractivity contribution is 7.92. The van der Waals surface area contributed by atoms with Gasteiger partial charge in [-0.25, -0.2) is 8.42 Å². The van der Waals surface area contributed by atoms with Crippen molar-refractivity contribution in [3.63, 3.8) is 0 Å². The van der Waals surface area contributed by atoms with Gasteiger partial charge in [0.1, 0.15) is 0 Å². The van der Waals surface area contributed by atoms with Crippen LogP contribution in [0.3, 0.4) is 0 Å². The van der Waals surface area contributed by atoms with E-state index in [9.17, 15) is 18.5 Å². The lowest BCUT2D eigenvalue weighted by molar-refractivity contribution is -0.385. The minimum absolute atomic E-state index is 0.0168. The number of non-ortho nitro benzene ring substituents is 1. The molecule has 0 N–H and O–H groups in total. The topological polar surface area (TPSA) is 83.8 Å². The van der Waals surface area contributed by atoms with Crippen LogP contribution in [-0.2, 0) is 16.4 Å². The van der Waals surface area contributed by atoms with Crippen molar-refractivity contribution in [3.8, 4) is 0 Å². The van der Waals surface area contributed by atoms with Crippen LogP contribution in [0.4, 0.5) is 11.4 Å². The molecule has 0 saturated carbocycles. The van der Waals surface area contributed by atoms with Gasteiger partial charge in [-0.3, -0.25) is 14.4 Å². The number of anilines is 1. The smallest absolute Gasteiger partial charge is 0.270 e. The Hall–Kier alpha value is -2.45. The first kappa shape index (κ1) is 19.9. The molecule has 7 nitrogen and oxygen atoms in total. The van der Waals surface area contributed by atoms with Gasteiger partial charge in [-0.1, -0.05) is 31.2 Å². The minimum Gasteiger partial charge on any atom is -0.308 e. The normalized spacial score (nSPS) is 11.5. The molecule has 0 aliphatic rings. The Bertz CT molecular complexity index is 867. The lowest BCUT2D eigenvalue weighted by Gasteiger charge is -2.26. The van der Waals surface area contributed by atoms with Gasteiger partial charge >= 0.3 is 0 Å². The first-order valence-electron chi connectivity index (χ1n) is 8.27. The van der Waals surface area contributed by atoms with Crippen LogP contribution in [0.2, 0.25) is 0 Å². The quantitative estimate of drug-likeness (QED) is 0.522. The molecule has 0 spiro atoms. The molecule has 0 aliphatic heterocycles. The van der Waals surface area contributed by atoms with E-state index in [1.165, 1.54) is 16.4 Å². The molecule has 0 saturated heterocycles. The van der Waals surface area contributed by atoms with E-state index in [-0.39, 0.29) is 17.1 Å². The summed E-state index contributed by atoms with van der Waals surface area (Å²) in [7, 11) is -0.223. The van der Waals surface area contributed by atoms with Gasteiger partial charge in [0.2, 0.25) is 0 Å². The maximum absolute atomic E-state index is 13.4. The average molecular weight is 377 g/mol. The summed E-state index contributed by atoms with van der Waals surface area (Å²) in [5.41, 5.74) is 0.852. The highest BCUT2D eigenvalue weighted by atomic mass is 32.2. The molecule has 2 rings (SSSR count). The molecule has 0 unspecified atom stereocenters. The minimum atomic E-state index is -3.95. The molecule has 2 aromatic carbocycles. The van der Waals surface area contributed by atoms with Crippen LogP contribution >= 0.6 is 0 Å². The molecule has 0 radical (unpaired) electrons. The first-order chi connectivity index (χ1) is 12.3. The Morgan fingerprint density at radius 1 is 1.04 bits per heavy atom. The standard InChI is InChI=1S/C18H23N3O4S/c1-4-15-10-11-17(21(22)23)14-18(15)26(24,25)20(13-12-19(2)3)16-8-6-5-7-9-16/h5-11,14H,4,12-13H2,1-3H3. The van der Waals surface area contributed by atoms with E-state index in [0.717, 1.165) is 6.07 Å². The van der Waals surface area contributed by atoms with Crippen LogP contribution in [-0.4, -0.2) is 45.4 Å². The Kier molecular flexibility index (Phi) is 6.33. The van der Waals surface area contributed by atoms with Gasteiger partial charge in [0.15, 0.2) is 0 Å². The van der Waals surface area contributed by atoms with Crippen molar-refractivity contribution in [2.24, 2.45) is 0 Å². The summed E-state index contributed by atoms with van der Waals surface area (Å²) in [6, 6.07) is 12.8. The van der Waals surface area contributed by atoms with Crippen molar-refractivity contribution < 1.29 is 13.3 Å². The van der Waals surface area contributed by atoms with E-state index in [0.29, 0.717) is 24.2 Å². The fourth-order valence-electron chi connectivity index (χ4n) is 2.58. The lowest BCUT2D eigenvalue weighted by atomic mass is 10.1. The van der Waals surface area contributed by atoms with E-state index in [2.05, 4.69) is 0 Å². The van der Waals surface area contributed by atoms with Gasteiger partial charge in [0.25, 0.3) is 15.7 Å². The van der Waals surface area contributed by atoms with Gasteiger partial charge in [0.05, 0.1) is 15.5 Å². The summed E-state index contributed by atoms with van der Waals surface area (Å²) in [5.74, 6) is 0. The van der Waals surface area contributed by atoms with E-state index < -0.39 is 14.9 Å². The van der Waals surface area contributed by atoms with Crippen LogP contribution in [0.15, 0.2) is 53.4 Å². The number of sulfonamides is 1. The van der Waals surface area contributed by atoms with Crippen molar-refractivity contribution in [1.82, 2.24) is 4.90 Å². The molecule has 26 heavy (non-hydrogen) atoms. The number of benzene rings is 2. The fraction of sp³-hybridized carbons (Fsp3) is 0.333. The van der Waals surface area contributed by atoms with Crippen LogP contribution in [0.25, 0.3) is 0 Å². The molecule has 0 aliphatic carbocycles. The highest BCUT2D eigenvalue weighted by Crippen LogP contribution is 2.29. The number of nitrogens with zero attached hydrogens (tertiary/aromatic N) is 3. The zero-order valence-corrected chi connectivity index (χ0v) is 15.9. The molecule has 140 valence electrons. The Labute approximate surface area is 154 Å². The third kappa shape index (κ3) is 4.39. The van der Waals surface area contributed by atoms with E-state index >= 15 is 0 Å². The number of nitro groups is 1. The molecular formula is C18H23N3O4S. The van der Waals surface area contributed by atoms with Crippen LogP contribution in [0, 0.1) is 10.1 Å². The van der Waals surface area contributed by atoms with Crippen LogP contribution < -0.4 is 4.31 Å². The van der Waals surface area contributed by atoms with Crippen LogP contribution in [0.5, 0.6) is 0 Å². The predicted molar refractivity (Wildman–Crippen MR) is 102 cm³/mol. The van der Waals surface area contributed by atoms with Gasteiger partial charge < -0.3 is 4.90 Å². The molecule has 0 aromatic heterocycles. The lowest BCUT2D eigenvalue weighted by Crippen LogP contribution is -2.37. The molecular weight excluding hydrogens is 354 g/mol. The number of para-hydroxylation sites is 1. The number of hydrogen-bond acceptors (Lipinski definition) is 5. The van der Waals surface area contributed by atoms with Crippen molar-refractivity contribution in [2.45, 2.75) is 18.2 Å². The van der Waals surface area contributed by atoms with Crippen molar-refractivity contribution in [1.29, 1.82) is 0 Å². The number of rotatable bonds is 8. The van der Waals surface area contributed by atoms with Crippen LogP contribution in [0.1, 0.15) is 12.5 Å². The summed E-state index contributed by atoms with van der Waals surface area (Å²) in [6.45, 7) is 2.59. The second-order valence-electron chi connectivity index (χ2n) is 6.12. The fourth-order valence-corrected chi connectivity index (χ4v) is 4.35. The van der Waals surface area contributed by atoms with Gasteiger partial charge in [-0.2, -0.15) is 0 Å². The Morgan fingerprint density at radius 2 is 1.69 bits per heavy atom. The van der Waals surface area contributed by atoms with Gasteiger partial charge in [0, 0.05) is 25.2 Å². The second kappa shape index (κ2) is 8.29. The Morgan fingerprint density at radius 3 is 2.23 bits per heavy atom. The predicted octanol–water partition coefficient (Wildman–Crippen LogP) is 2.91. The molecule has 2 aromatic rings. The Balaban J connectivity index is 2.59. The molecule has 0 atom stereocenters. The molecule has 0 amide bonds. The number of hydrogen-bond donors (Lipinski definition) is 0. The van der Waals surface area contributed by atoms with E-state index in [1.54, 1.807) is 24.3 Å². The van der Waals surface area contributed by atoms with Crippen molar-refractivity contribution in [3.05, 3.63) is 64.2 Å². The van der Waals surface area contributed by atoms with Crippen molar-refractivity contribution in [2.75, 3.05) is 31.5 Å². The second-order valence-corrected chi connectivity index (χ2v) is 7.95. The summed E-state index contributed by atoms with van der Waals surface area (Å²) in [5, 5.41) is 11.1. The third-order valence-electron chi connectivity index (χ3n) is 4.00. The average Bonchev–Trinajstić information content (AvgIpc) is 2.61. The maximum Gasteiger partial charge on any atom is 0.270 e. The molecule has 0 fully saturated rings. The van der Waals surface area contributed by atoms with E-state index in [1.807, 2.05) is 32.0 Å². The zero-order chi connectivity index (χ0) is 19.3. The third-order valence-corrected chi connectivity index (χ3v) is 5.91. The molecule has 8 heteroatoms. The maximum atomic E-state index is 13.4. The zero-order valence-electron chi connectivity index (χ0n) is 15.1. The number of nitro benzene ring substituents is 1. The SMILES string of the molecule is CCc1ccc([N+](=O)[O-])cc1S(=O)(=O)N(CCN(C)C)c1ccccc1. The summed E-state index contributed by atoms with van der Waals surface area (Å²) in [4.78, 5) is 12.4. The number of aryl methyl sites for hydroxylation is 1. The monoisotopic (exact) mass is 377 g/mol. The highest BCUT2D eigenvalue weighted by Gasteiger charge is 2.28. The molecule has 0 bridgehead atoms. The van der Waals surface area contributed by atoms with Gasteiger partial charge in [-0.05, 0) is 38.2 Å². The first-order valence-corrected chi connectivity index (χ1v) is 9.71. The largest absolute Gasteiger partial charge is 0.308 e. The van der Waals surface area contributed by atoms with Crippen molar-refractivity contribution >= 4 is 21.4 Å². The summed E-state index contributed by atoms with van der Waals surface area (Å²) >= 11 is 0. The van der Waals surface area contributed by atoms with Gasteiger partial charge in [-0.15, -0.1) is 0 Å². The number of likely N-dealkylation sites (N-methyl/N-ethyl adjacent to an activating group) is 1.